The van der Waals surface area contributed by atoms with Gasteiger partial charge in [0.25, 0.3) is 0 Å². The predicted octanol–water partition coefficient (Wildman–Crippen LogP) is 7.24. The quantitative estimate of drug-likeness (QED) is 0.316. The molecule has 0 radical (unpaired) electrons. The fourth-order valence-corrected chi connectivity index (χ4v) is 4.58. The highest BCUT2D eigenvalue weighted by Crippen LogP contribution is 2.33. The normalized spacial score (nSPS) is 11.2. The van der Waals surface area contributed by atoms with Gasteiger partial charge in [-0.1, -0.05) is 97.1 Å². The Morgan fingerprint density at radius 1 is 0.529 bits per heavy atom. The molecule has 0 aliphatic rings. The van der Waals surface area contributed by atoms with Gasteiger partial charge in [0.15, 0.2) is 5.82 Å². The SMILES string of the molecule is NCc1cc2ccccc2cc1-c1nc(-c2ccccc2)cc(-c2cccc3ccccc23)n1. The summed E-state index contributed by atoms with van der Waals surface area (Å²) >= 11 is 0. The van der Waals surface area contributed by atoms with Crippen LogP contribution in [0, 0.1) is 0 Å². The molecule has 6 aromatic rings. The molecule has 1 heterocycles. The van der Waals surface area contributed by atoms with E-state index in [1.807, 2.05) is 24.3 Å². The zero-order valence-corrected chi connectivity index (χ0v) is 18.6. The molecule has 162 valence electrons. The second-order valence-corrected chi connectivity index (χ2v) is 8.42. The maximum Gasteiger partial charge on any atom is 0.160 e. The van der Waals surface area contributed by atoms with Crippen LogP contribution >= 0.6 is 0 Å². The van der Waals surface area contributed by atoms with E-state index < -0.39 is 0 Å². The highest BCUT2D eigenvalue weighted by molar-refractivity contribution is 5.96. The number of hydrogen-bond donors (Lipinski definition) is 1. The van der Waals surface area contributed by atoms with Gasteiger partial charge in [-0.3, -0.25) is 0 Å². The van der Waals surface area contributed by atoms with E-state index in [1.165, 1.54) is 16.2 Å². The maximum absolute atomic E-state index is 6.20. The molecule has 34 heavy (non-hydrogen) atoms. The summed E-state index contributed by atoms with van der Waals surface area (Å²) < 4.78 is 0. The lowest BCUT2D eigenvalue weighted by Gasteiger charge is -2.14. The van der Waals surface area contributed by atoms with Gasteiger partial charge >= 0.3 is 0 Å². The van der Waals surface area contributed by atoms with Crippen LogP contribution in [0.3, 0.4) is 0 Å². The molecule has 3 heteroatoms. The first-order chi connectivity index (χ1) is 16.8. The summed E-state index contributed by atoms with van der Waals surface area (Å²) in [7, 11) is 0. The van der Waals surface area contributed by atoms with Gasteiger partial charge in [-0.25, -0.2) is 9.97 Å². The highest BCUT2D eigenvalue weighted by Gasteiger charge is 2.15. The van der Waals surface area contributed by atoms with E-state index >= 15 is 0 Å². The second kappa shape index (κ2) is 8.54. The molecule has 0 saturated carbocycles. The van der Waals surface area contributed by atoms with E-state index in [0.717, 1.165) is 39.0 Å². The molecule has 0 amide bonds. The summed E-state index contributed by atoms with van der Waals surface area (Å²) in [5.41, 5.74) is 12.1. The highest BCUT2D eigenvalue weighted by atomic mass is 14.9. The van der Waals surface area contributed by atoms with Gasteiger partial charge in [-0.05, 0) is 45.3 Å². The Bertz CT molecular complexity index is 1630. The molecule has 0 aliphatic carbocycles. The van der Waals surface area contributed by atoms with Gasteiger partial charge in [-0.2, -0.15) is 0 Å². The first-order valence-corrected chi connectivity index (χ1v) is 11.4. The third-order valence-corrected chi connectivity index (χ3v) is 6.29. The van der Waals surface area contributed by atoms with Gasteiger partial charge in [0, 0.05) is 23.2 Å². The van der Waals surface area contributed by atoms with Gasteiger partial charge < -0.3 is 5.73 Å². The number of hydrogen-bond acceptors (Lipinski definition) is 3. The summed E-state index contributed by atoms with van der Waals surface area (Å²) in [6.07, 6.45) is 0. The molecule has 0 unspecified atom stereocenters. The standard InChI is InChI=1S/C31H23N3/c32-20-25-17-23-12-4-5-13-24(23)18-28(25)31-33-29(22-10-2-1-3-11-22)19-30(34-31)27-16-8-14-21-9-6-7-15-26(21)27/h1-19H,20,32H2. The summed E-state index contributed by atoms with van der Waals surface area (Å²) in [6, 6.07) is 39.8. The average Bonchev–Trinajstić information content (AvgIpc) is 2.92. The second-order valence-electron chi connectivity index (χ2n) is 8.42. The molecule has 0 aliphatic heterocycles. The minimum absolute atomic E-state index is 0.419. The molecule has 0 spiro atoms. The molecule has 0 bridgehead atoms. The van der Waals surface area contributed by atoms with Crippen LogP contribution in [-0.2, 0) is 6.54 Å². The molecule has 5 aromatic carbocycles. The van der Waals surface area contributed by atoms with Crippen molar-refractivity contribution in [1.29, 1.82) is 0 Å². The maximum atomic E-state index is 6.20. The zero-order chi connectivity index (χ0) is 22.9. The monoisotopic (exact) mass is 437 g/mol. The van der Waals surface area contributed by atoms with Gasteiger partial charge in [-0.15, -0.1) is 0 Å². The minimum Gasteiger partial charge on any atom is -0.326 e. The van der Waals surface area contributed by atoms with Crippen LogP contribution in [0.5, 0.6) is 0 Å². The molecule has 0 saturated heterocycles. The number of rotatable bonds is 4. The first-order valence-electron chi connectivity index (χ1n) is 11.4. The van der Waals surface area contributed by atoms with E-state index in [-0.39, 0.29) is 0 Å². The third-order valence-electron chi connectivity index (χ3n) is 6.29. The third kappa shape index (κ3) is 3.62. The van der Waals surface area contributed by atoms with Crippen molar-refractivity contribution >= 4 is 21.5 Å². The number of aromatic nitrogens is 2. The number of benzene rings is 5. The van der Waals surface area contributed by atoms with E-state index in [2.05, 4.69) is 91.0 Å². The number of fused-ring (bicyclic) bond motifs is 2. The Morgan fingerprint density at radius 2 is 1.18 bits per heavy atom. The van der Waals surface area contributed by atoms with Crippen LogP contribution in [0.2, 0.25) is 0 Å². The lowest BCUT2D eigenvalue weighted by atomic mass is 9.98. The van der Waals surface area contributed by atoms with Crippen molar-refractivity contribution in [2.24, 2.45) is 5.73 Å². The van der Waals surface area contributed by atoms with Crippen LogP contribution in [-0.4, -0.2) is 9.97 Å². The van der Waals surface area contributed by atoms with Gasteiger partial charge in [0.1, 0.15) is 0 Å². The molecule has 6 rings (SSSR count). The Labute approximate surface area is 198 Å². The minimum atomic E-state index is 0.419. The predicted molar refractivity (Wildman–Crippen MR) is 141 cm³/mol. The van der Waals surface area contributed by atoms with Crippen molar-refractivity contribution in [1.82, 2.24) is 9.97 Å². The van der Waals surface area contributed by atoms with E-state index in [0.29, 0.717) is 12.4 Å². The van der Waals surface area contributed by atoms with Crippen LogP contribution in [0.1, 0.15) is 5.56 Å². The van der Waals surface area contributed by atoms with Crippen LogP contribution in [0.15, 0.2) is 115 Å². The smallest absolute Gasteiger partial charge is 0.160 e. The Hall–Kier alpha value is -4.34. The Balaban J connectivity index is 1.64. The van der Waals surface area contributed by atoms with Crippen LogP contribution in [0.4, 0.5) is 0 Å². The summed E-state index contributed by atoms with van der Waals surface area (Å²) in [5, 5.41) is 4.68. The fourth-order valence-electron chi connectivity index (χ4n) is 4.58. The van der Waals surface area contributed by atoms with Crippen molar-refractivity contribution in [2.45, 2.75) is 6.54 Å². The first kappa shape index (κ1) is 20.3. The van der Waals surface area contributed by atoms with Crippen LogP contribution in [0.25, 0.3) is 55.4 Å². The topological polar surface area (TPSA) is 51.8 Å². The average molecular weight is 438 g/mol. The molecule has 3 nitrogen and oxygen atoms in total. The van der Waals surface area contributed by atoms with Gasteiger partial charge in [0.05, 0.1) is 11.4 Å². The summed E-state index contributed by atoms with van der Waals surface area (Å²) in [5.74, 6) is 0.690. The van der Waals surface area contributed by atoms with E-state index in [4.69, 9.17) is 15.7 Å². The summed E-state index contributed by atoms with van der Waals surface area (Å²) in [6.45, 7) is 0.419. The molecule has 0 atom stereocenters. The van der Waals surface area contributed by atoms with Crippen molar-refractivity contribution in [3.05, 3.63) is 121 Å². The summed E-state index contributed by atoms with van der Waals surface area (Å²) in [4.78, 5) is 10.1. The number of nitrogens with two attached hydrogens (primary N) is 1. The van der Waals surface area contributed by atoms with Gasteiger partial charge in [0.2, 0.25) is 0 Å². The lowest BCUT2D eigenvalue weighted by molar-refractivity contribution is 1.06. The Kier molecular flexibility index (Phi) is 5.10. The zero-order valence-electron chi connectivity index (χ0n) is 18.6. The van der Waals surface area contributed by atoms with E-state index in [9.17, 15) is 0 Å². The van der Waals surface area contributed by atoms with E-state index in [1.54, 1.807) is 0 Å². The van der Waals surface area contributed by atoms with Crippen LogP contribution < -0.4 is 5.73 Å². The molecular weight excluding hydrogens is 414 g/mol. The van der Waals surface area contributed by atoms with Crippen molar-refractivity contribution in [3.63, 3.8) is 0 Å². The molecule has 2 N–H and O–H groups in total. The molecule has 1 aromatic heterocycles. The van der Waals surface area contributed by atoms with Crippen molar-refractivity contribution in [2.75, 3.05) is 0 Å². The molecule has 0 fully saturated rings. The van der Waals surface area contributed by atoms with Crippen molar-refractivity contribution < 1.29 is 0 Å². The fraction of sp³-hybridized carbons (Fsp3) is 0.0323. The largest absolute Gasteiger partial charge is 0.326 e. The lowest BCUT2D eigenvalue weighted by Crippen LogP contribution is -2.03. The molecular formula is C31H23N3. The Morgan fingerprint density at radius 3 is 1.97 bits per heavy atom. The number of nitrogens with zero attached hydrogens (tertiary/aromatic N) is 2. The van der Waals surface area contributed by atoms with Crippen molar-refractivity contribution in [3.8, 4) is 33.9 Å².